The summed E-state index contributed by atoms with van der Waals surface area (Å²) in [4.78, 5) is 13.0. The minimum Gasteiger partial charge on any atom is -0.399 e. The highest BCUT2D eigenvalue weighted by molar-refractivity contribution is 6.34. The number of nitriles is 1. The number of nitrogens with one attached hydrogen (secondary N) is 1. The Kier molecular flexibility index (Phi) is 6.17. The molecule has 1 amide bonds. The van der Waals surface area contributed by atoms with Crippen LogP contribution in [0.25, 0.3) is 0 Å². The molecule has 2 aromatic rings. The van der Waals surface area contributed by atoms with Gasteiger partial charge in [-0.05, 0) is 36.4 Å². The van der Waals surface area contributed by atoms with E-state index in [2.05, 4.69) is 5.32 Å². The summed E-state index contributed by atoms with van der Waals surface area (Å²) >= 11 is 5.94. The van der Waals surface area contributed by atoms with E-state index in [1.807, 2.05) is 0 Å². The first-order valence-electron chi connectivity index (χ1n) is 8.77. The monoisotopic (exact) mass is 478 g/mol. The van der Waals surface area contributed by atoms with Gasteiger partial charge in [0.05, 0.1) is 34.5 Å². The standard InChI is InChI=1S/C19H13ClF6N4O2/c20-13-5-10(28)2-4-14(13)29-16(31)15-8-30(17(32-15)19(24,25)26)11-3-1-9(7-27)12(6-11)18(21,22)23/h1-6,15,17H,8,28H2,(H,29,31)/t15-,17+/m0/s1. The lowest BCUT2D eigenvalue weighted by atomic mass is 10.1. The number of rotatable bonds is 3. The number of nitrogens with zero attached hydrogens (tertiary/aromatic N) is 2. The predicted molar refractivity (Wildman–Crippen MR) is 103 cm³/mol. The molecule has 1 aliphatic rings. The summed E-state index contributed by atoms with van der Waals surface area (Å²) in [5.74, 6) is -0.988. The maximum atomic E-state index is 13.5. The molecule has 3 N–H and O–H groups in total. The van der Waals surface area contributed by atoms with E-state index >= 15 is 0 Å². The fourth-order valence-electron chi connectivity index (χ4n) is 3.07. The van der Waals surface area contributed by atoms with Gasteiger partial charge in [-0.3, -0.25) is 4.79 Å². The van der Waals surface area contributed by atoms with Gasteiger partial charge < -0.3 is 20.7 Å². The van der Waals surface area contributed by atoms with E-state index < -0.39 is 54.0 Å². The minimum atomic E-state index is -5.03. The molecular weight excluding hydrogens is 466 g/mol. The van der Waals surface area contributed by atoms with Gasteiger partial charge in [0.1, 0.15) is 0 Å². The average Bonchev–Trinajstić information content (AvgIpc) is 3.15. The number of amides is 1. The molecule has 170 valence electrons. The number of halogens is 7. The van der Waals surface area contributed by atoms with E-state index in [1.54, 1.807) is 0 Å². The molecule has 13 heteroatoms. The Bertz CT molecular complexity index is 1080. The van der Waals surface area contributed by atoms with Gasteiger partial charge in [-0.25, -0.2) is 0 Å². The second-order valence-electron chi connectivity index (χ2n) is 6.74. The van der Waals surface area contributed by atoms with Crippen LogP contribution in [0.2, 0.25) is 5.02 Å². The van der Waals surface area contributed by atoms with Gasteiger partial charge in [-0.15, -0.1) is 0 Å². The van der Waals surface area contributed by atoms with Crippen molar-refractivity contribution in [3.63, 3.8) is 0 Å². The van der Waals surface area contributed by atoms with Gasteiger partial charge in [0.15, 0.2) is 6.10 Å². The predicted octanol–water partition coefficient (Wildman–Crippen LogP) is 4.54. The number of carbonyl (C=O) groups is 1. The molecule has 0 bridgehead atoms. The molecule has 1 saturated heterocycles. The lowest BCUT2D eigenvalue weighted by molar-refractivity contribution is -0.212. The SMILES string of the molecule is N#Cc1ccc(N2C[C@@H](C(=O)Nc3ccc(N)cc3Cl)O[C@@H]2C(F)(F)F)cc1C(F)(F)F. The molecule has 0 aliphatic carbocycles. The van der Waals surface area contributed by atoms with Crippen LogP contribution < -0.4 is 16.0 Å². The Labute approximate surface area is 182 Å². The molecule has 0 saturated carbocycles. The first-order valence-corrected chi connectivity index (χ1v) is 9.15. The van der Waals surface area contributed by atoms with Crippen LogP contribution in [-0.2, 0) is 15.7 Å². The van der Waals surface area contributed by atoms with Crippen molar-refractivity contribution in [3.8, 4) is 6.07 Å². The van der Waals surface area contributed by atoms with Crippen molar-refractivity contribution in [2.24, 2.45) is 0 Å². The maximum Gasteiger partial charge on any atom is 0.433 e. The second kappa shape index (κ2) is 8.40. The Balaban J connectivity index is 1.91. The molecule has 6 nitrogen and oxygen atoms in total. The van der Waals surface area contributed by atoms with Crippen LogP contribution in [0.5, 0.6) is 0 Å². The largest absolute Gasteiger partial charge is 0.433 e. The molecule has 0 spiro atoms. The number of alkyl halides is 6. The smallest absolute Gasteiger partial charge is 0.399 e. The molecular formula is C19H13ClF6N4O2. The highest BCUT2D eigenvalue weighted by atomic mass is 35.5. The zero-order valence-electron chi connectivity index (χ0n) is 15.8. The summed E-state index contributed by atoms with van der Waals surface area (Å²) in [5, 5.41) is 11.2. The lowest BCUT2D eigenvalue weighted by Crippen LogP contribution is -2.42. The van der Waals surface area contributed by atoms with Crippen LogP contribution >= 0.6 is 11.6 Å². The number of carbonyl (C=O) groups excluding carboxylic acids is 1. The van der Waals surface area contributed by atoms with Crippen molar-refractivity contribution < 1.29 is 35.9 Å². The van der Waals surface area contributed by atoms with Crippen molar-refractivity contribution in [2.45, 2.75) is 24.7 Å². The van der Waals surface area contributed by atoms with Gasteiger partial charge in [-0.1, -0.05) is 11.6 Å². The maximum absolute atomic E-state index is 13.5. The van der Waals surface area contributed by atoms with Crippen molar-refractivity contribution in [1.29, 1.82) is 5.26 Å². The minimum absolute atomic E-state index is 0.0301. The number of nitrogens with two attached hydrogens (primary N) is 1. The van der Waals surface area contributed by atoms with Crippen LogP contribution in [0.1, 0.15) is 11.1 Å². The topological polar surface area (TPSA) is 91.4 Å². The van der Waals surface area contributed by atoms with Crippen LogP contribution in [0, 0.1) is 11.3 Å². The van der Waals surface area contributed by atoms with Crippen molar-refractivity contribution in [1.82, 2.24) is 0 Å². The summed E-state index contributed by atoms with van der Waals surface area (Å²) in [6.45, 7) is -0.703. The Morgan fingerprint density at radius 2 is 1.88 bits per heavy atom. The zero-order chi connectivity index (χ0) is 23.8. The molecule has 0 unspecified atom stereocenters. The quantitative estimate of drug-likeness (QED) is 0.499. The Hall–Kier alpha value is -3.17. The molecule has 3 rings (SSSR count). The van der Waals surface area contributed by atoms with E-state index in [9.17, 15) is 31.1 Å². The van der Waals surface area contributed by atoms with Crippen molar-refractivity contribution in [2.75, 3.05) is 22.5 Å². The molecule has 0 radical (unpaired) electrons. The summed E-state index contributed by atoms with van der Waals surface area (Å²) in [6.07, 6.45) is -14.4. The molecule has 2 aromatic carbocycles. The van der Waals surface area contributed by atoms with Gasteiger partial charge in [-0.2, -0.15) is 31.6 Å². The number of hydrogen-bond acceptors (Lipinski definition) is 5. The third kappa shape index (κ3) is 4.84. The Morgan fingerprint density at radius 3 is 2.44 bits per heavy atom. The van der Waals surface area contributed by atoms with E-state index in [1.165, 1.54) is 24.3 Å². The lowest BCUT2D eigenvalue weighted by Gasteiger charge is -2.27. The summed E-state index contributed by atoms with van der Waals surface area (Å²) in [6, 6.07) is 7.49. The molecule has 2 atom stereocenters. The number of ether oxygens (including phenoxy) is 1. The number of anilines is 3. The summed E-state index contributed by atoms with van der Waals surface area (Å²) in [5.41, 5.74) is 3.22. The Morgan fingerprint density at radius 1 is 1.19 bits per heavy atom. The first kappa shape index (κ1) is 23.5. The third-order valence-electron chi connectivity index (χ3n) is 4.52. The van der Waals surface area contributed by atoms with Gasteiger partial charge in [0.2, 0.25) is 6.23 Å². The van der Waals surface area contributed by atoms with Gasteiger partial charge in [0, 0.05) is 11.4 Å². The highest BCUT2D eigenvalue weighted by Crippen LogP contribution is 2.39. The first-order chi connectivity index (χ1) is 14.8. The van der Waals surface area contributed by atoms with Crippen LogP contribution in [-0.4, -0.2) is 31.0 Å². The molecule has 32 heavy (non-hydrogen) atoms. The number of benzene rings is 2. The molecule has 1 fully saturated rings. The summed E-state index contributed by atoms with van der Waals surface area (Å²) in [7, 11) is 0. The number of nitrogen functional groups attached to an aromatic ring is 1. The van der Waals surface area contributed by atoms with Crippen LogP contribution in [0.15, 0.2) is 36.4 Å². The van der Waals surface area contributed by atoms with E-state index in [0.29, 0.717) is 11.0 Å². The zero-order valence-corrected chi connectivity index (χ0v) is 16.5. The van der Waals surface area contributed by atoms with Crippen LogP contribution in [0.3, 0.4) is 0 Å². The van der Waals surface area contributed by atoms with Crippen LogP contribution in [0.4, 0.5) is 43.4 Å². The van der Waals surface area contributed by atoms with Crippen molar-refractivity contribution in [3.05, 3.63) is 52.5 Å². The number of hydrogen-bond donors (Lipinski definition) is 2. The van der Waals surface area contributed by atoms with E-state index in [4.69, 9.17) is 27.3 Å². The molecule has 1 heterocycles. The van der Waals surface area contributed by atoms with Gasteiger partial charge in [0.25, 0.3) is 5.91 Å². The van der Waals surface area contributed by atoms with Crippen molar-refractivity contribution >= 4 is 34.6 Å². The van der Waals surface area contributed by atoms with E-state index in [-0.39, 0.29) is 16.4 Å². The third-order valence-corrected chi connectivity index (χ3v) is 4.84. The van der Waals surface area contributed by atoms with E-state index in [0.717, 1.165) is 12.1 Å². The fraction of sp³-hybridized carbons (Fsp3) is 0.263. The fourth-order valence-corrected chi connectivity index (χ4v) is 3.31. The second-order valence-corrected chi connectivity index (χ2v) is 7.15. The summed E-state index contributed by atoms with van der Waals surface area (Å²) < 4.78 is 85.2. The highest BCUT2D eigenvalue weighted by Gasteiger charge is 2.52. The van der Waals surface area contributed by atoms with Gasteiger partial charge >= 0.3 is 12.4 Å². The average molecular weight is 479 g/mol. The molecule has 1 aliphatic heterocycles. The normalized spacial score (nSPS) is 19.0. The molecule has 0 aromatic heterocycles.